The molecule has 7 heteroatoms. The van der Waals surface area contributed by atoms with Crippen molar-refractivity contribution in [3.8, 4) is 5.75 Å². The largest absolute Gasteiger partial charge is 0.496 e. The Labute approximate surface area is 171 Å². The topological polar surface area (TPSA) is 56.8 Å². The first-order valence-electron chi connectivity index (χ1n) is 9.27. The van der Waals surface area contributed by atoms with E-state index in [-0.39, 0.29) is 11.0 Å². The van der Waals surface area contributed by atoms with E-state index in [2.05, 4.69) is 39.6 Å². The van der Waals surface area contributed by atoms with Gasteiger partial charge in [0.2, 0.25) is 0 Å². The van der Waals surface area contributed by atoms with E-state index in [1.807, 2.05) is 31.2 Å². The van der Waals surface area contributed by atoms with E-state index in [0.717, 1.165) is 37.4 Å². The first kappa shape index (κ1) is 20.1. The zero-order chi connectivity index (χ0) is 20.1. The predicted molar refractivity (Wildman–Crippen MR) is 118 cm³/mol. The second kappa shape index (κ2) is 9.03. The normalized spacial score (nSPS) is 14.5. The molecule has 2 aromatic carbocycles. The third-order valence-corrected chi connectivity index (χ3v) is 5.09. The van der Waals surface area contributed by atoms with Gasteiger partial charge in [-0.05, 0) is 62.1 Å². The molecule has 6 nitrogen and oxygen atoms in total. The van der Waals surface area contributed by atoms with Crippen molar-refractivity contribution in [3.05, 3.63) is 53.6 Å². The van der Waals surface area contributed by atoms with Crippen LogP contribution in [0.1, 0.15) is 15.9 Å². The fraction of sp³-hybridized carbons (Fsp3) is 0.333. The maximum absolute atomic E-state index is 12.5. The summed E-state index contributed by atoms with van der Waals surface area (Å²) in [7, 11) is 3.70. The van der Waals surface area contributed by atoms with Crippen molar-refractivity contribution in [2.45, 2.75) is 6.92 Å². The number of methoxy groups -OCH3 is 1. The molecule has 2 aromatic rings. The van der Waals surface area contributed by atoms with E-state index in [9.17, 15) is 4.79 Å². The highest BCUT2D eigenvalue weighted by molar-refractivity contribution is 7.80. The molecule has 0 unspecified atom stereocenters. The smallest absolute Gasteiger partial charge is 0.261 e. The summed E-state index contributed by atoms with van der Waals surface area (Å²) < 4.78 is 5.34. The molecule has 2 N–H and O–H groups in total. The van der Waals surface area contributed by atoms with E-state index in [0.29, 0.717) is 11.3 Å². The van der Waals surface area contributed by atoms with Crippen molar-refractivity contribution in [3.63, 3.8) is 0 Å². The van der Waals surface area contributed by atoms with Crippen molar-refractivity contribution < 1.29 is 9.53 Å². The molecule has 1 heterocycles. The number of nitrogens with one attached hydrogen (secondary N) is 2. The highest BCUT2D eigenvalue weighted by atomic mass is 32.1. The van der Waals surface area contributed by atoms with Gasteiger partial charge in [-0.25, -0.2) is 0 Å². The average molecular weight is 399 g/mol. The summed E-state index contributed by atoms with van der Waals surface area (Å²) in [6.45, 7) is 6.08. The Morgan fingerprint density at radius 2 is 1.75 bits per heavy atom. The SMILES string of the molecule is COc1c(C)cccc1C(=O)NC(=S)Nc1ccc(N2CCN(C)CC2)cc1. The van der Waals surface area contributed by atoms with Gasteiger partial charge in [-0.15, -0.1) is 0 Å². The molecular weight excluding hydrogens is 372 g/mol. The number of anilines is 2. The van der Waals surface area contributed by atoms with Crippen molar-refractivity contribution >= 4 is 34.6 Å². The lowest BCUT2D eigenvalue weighted by Gasteiger charge is -2.34. The first-order chi connectivity index (χ1) is 13.5. The van der Waals surface area contributed by atoms with E-state index in [4.69, 9.17) is 17.0 Å². The van der Waals surface area contributed by atoms with Crippen LogP contribution in [0.15, 0.2) is 42.5 Å². The van der Waals surface area contributed by atoms with Crippen LogP contribution < -0.4 is 20.3 Å². The molecule has 28 heavy (non-hydrogen) atoms. The molecule has 1 fully saturated rings. The lowest BCUT2D eigenvalue weighted by molar-refractivity contribution is 0.0974. The van der Waals surface area contributed by atoms with Crippen LogP contribution in [0.5, 0.6) is 5.75 Å². The Kier molecular flexibility index (Phi) is 6.49. The number of amides is 1. The minimum Gasteiger partial charge on any atom is -0.496 e. The third kappa shape index (κ3) is 4.79. The van der Waals surface area contributed by atoms with Gasteiger partial charge in [-0.2, -0.15) is 0 Å². The molecule has 1 saturated heterocycles. The highest BCUT2D eigenvalue weighted by Gasteiger charge is 2.16. The lowest BCUT2D eigenvalue weighted by Crippen LogP contribution is -2.44. The highest BCUT2D eigenvalue weighted by Crippen LogP contribution is 2.23. The maximum Gasteiger partial charge on any atom is 0.261 e. The number of rotatable bonds is 4. The molecular formula is C21H26N4O2S. The molecule has 1 aliphatic heterocycles. The minimum atomic E-state index is -0.299. The Morgan fingerprint density at radius 1 is 1.07 bits per heavy atom. The summed E-state index contributed by atoms with van der Waals surface area (Å²) in [6.07, 6.45) is 0. The van der Waals surface area contributed by atoms with Gasteiger partial charge in [0.05, 0.1) is 12.7 Å². The minimum absolute atomic E-state index is 0.251. The van der Waals surface area contributed by atoms with Crippen molar-refractivity contribution in [1.29, 1.82) is 0 Å². The number of carbonyl (C=O) groups is 1. The second-order valence-corrected chi connectivity index (χ2v) is 7.31. The van der Waals surface area contributed by atoms with E-state index < -0.39 is 0 Å². The summed E-state index contributed by atoms with van der Waals surface area (Å²) in [5.41, 5.74) is 3.38. The molecule has 3 rings (SSSR count). The maximum atomic E-state index is 12.5. The number of hydrogen-bond acceptors (Lipinski definition) is 5. The zero-order valence-electron chi connectivity index (χ0n) is 16.5. The third-order valence-electron chi connectivity index (χ3n) is 4.88. The van der Waals surface area contributed by atoms with Crippen LogP contribution in [0, 0.1) is 6.92 Å². The van der Waals surface area contributed by atoms with Crippen LogP contribution in [0.4, 0.5) is 11.4 Å². The molecule has 0 bridgehead atoms. The number of likely N-dealkylation sites (N-methyl/N-ethyl adjacent to an activating group) is 1. The van der Waals surface area contributed by atoms with Gasteiger partial charge in [0.25, 0.3) is 5.91 Å². The zero-order valence-corrected chi connectivity index (χ0v) is 17.3. The molecule has 0 aromatic heterocycles. The number of carbonyl (C=O) groups excluding carboxylic acids is 1. The summed E-state index contributed by atoms with van der Waals surface area (Å²) in [4.78, 5) is 17.2. The molecule has 0 saturated carbocycles. The van der Waals surface area contributed by atoms with E-state index in [1.54, 1.807) is 13.2 Å². The lowest BCUT2D eigenvalue weighted by atomic mass is 10.1. The van der Waals surface area contributed by atoms with Crippen molar-refractivity contribution in [2.75, 3.05) is 50.6 Å². The summed E-state index contributed by atoms with van der Waals surface area (Å²) >= 11 is 5.30. The number of ether oxygens (including phenoxy) is 1. The van der Waals surface area contributed by atoms with Crippen molar-refractivity contribution in [1.82, 2.24) is 10.2 Å². The number of hydrogen-bond donors (Lipinski definition) is 2. The average Bonchev–Trinajstić information content (AvgIpc) is 2.69. The van der Waals surface area contributed by atoms with Crippen LogP contribution in [-0.4, -0.2) is 56.3 Å². The Balaban J connectivity index is 1.59. The predicted octanol–water partition coefficient (Wildman–Crippen LogP) is 2.88. The Hall–Kier alpha value is -2.64. The molecule has 148 valence electrons. The van der Waals surface area contributed by atoms with Gasteiger partial charge in [0.1, 0.15) is 5.75 Å². The second-order valence-electron chi connectivity index (χ2n) is 6.90. The van der Waals surface area contributed by atoms with Crippen LogP contribution in [-0.2, 0) is 0 Å². The Morgan fingerprint density at radius 3 is 2.39 bits per heavy atom. The van der Waals surface area contributed by atoms with Gasteiger partial charge < -0.3 is 19.9 Å². The van der Waals surface area contributed by atoms with Crippen molar-refractivity contribution in [2.24, 2.45) is 0 Å². The monoisotopic (exact) mass is 398 g/mol. The van der Waals surface area contributed by atoms with Crippen LogP contribution in [0.2, 0.25) is 0 Å². The number of para-hydroxylation sites is 1. The van der Waals surface area contributed by atoms with Crippen LogP contribution in [0.25, 0.3) is 0 Å². The summed E-state index contributed by atoms with van der Waals surface area (Å²) in [5, 5.41) is 6.03. The number of thiocarbonyl (C=S) groups is 1. The molecule has 0 spiro atoms. The molecule has 0 radical (unpaired) electrons. The summed E-state index contributed by atoms with van der Waals surface area (Å²) in [6, 6.07) is 13.5. The van der Waals surface area contributed by atoms with Crippen LogP contribution in [0.3, 0.4) is 0 Å². The molecule has 0 aliphatic carbocycles. The summed E-state index contributed by atoms with van der Waals surface area (Å²) in [5.74, 6) is 0.256. The number of piperazine rings is 1. The van der Waals surface area contributed by atoms with E-state index in [1.165, 1.54) is 5.69 Å². The van der Waals surface area contributed by atoms with Gasteiger partial charge in [0, 0.05) is 37.6 Å². The standard InChI is InChI=1S/C21H26N4O2S/c1-15-5-4-6-18(19(15)27-3)20(26)23-21(28)22-16-7-9-17(10-8-16)25-13-11-24(2)12-14-25/h4-10H,11-14H2,1-3H3,(H2,22,23,26,28). The van der Waals surface area contributed by atoms with Crippen LogP contribution >= 0.6 is 12.2 Å². The van der Waals surface area contributed by atoms with E-state index >= 15 is 0 Å². The quantitative estimate of drug-likeness (QED) is 0.773. The van der Waals surface area contributed by atoms with Gasteiger partial charge in [-0.1, -0.05) is 12.1 Å². The number of nitrogens with zero attached hydrogens (tertiary/aromatic N) is 2. The van der Waals surface area contributed by atoms with Gasteiger partial charge in [-0.3, -0.25) is 10.1 Å². The fourth-order valence-corrected chi connectivity index (χ4v) is 3.47. The molecule has 1 amide bonds. The first-order valence-corrected chi connectivity index (χ1v) is 9.68. The number of aryl methyl sites for hydroxylation is 1. The fourth-order valence-electron chi connectivity index (χ4n) is 3.26. The Bertz CT molecular complexity index is 846. The molecule has 1 aliphatic rings. The van der Waals surface area contributed by atoms with Gasteiger partial charge >= 0.3 is 0 Å². The molecule has 0 atom stereocenters. The number of benzene rings is 2. The van der Waals surface area contributed by atoms with Gasteiger partial charge in [0.15, 0.2) is 5.11 Å².